The third-order valence-electron chi connectivity index (χ3n) is 4.41. The van der Waals surface area contributed by atoms with Gasteiger partial charge in [-0.1, -0.05) is 26.0 Å². The zero-order chi connectivity index (χ0) is 22.3. The van der Waals surface area contributed by atoms with Gasteiger partial charge < -0.3 is 10.1 Å². The van der Waals surface area contributed by atoms with Gasteiger partial charge in [-0.05, 0) is 37.1 Å². The van der Waals surface area contributed by atoms with Crippen molar-refractivity contribution in [2.24, 2.45) is 11.0 Å². The number of carbonyl (C=O) groups excluding carboxylic acids is 2. The predicted molar refractivity (Wildman–Crippen MR) is 113 cm³/mol. The van der Waals surface area contributed by atoms with E-state index < -0.39 is 22.8 Å². The molecule has 2 amide bonds. The number of hydrogen-bond donors (Lipinski definition) is 2. The maximum atomic E-state index is 12.5. The van der Waals surface area contributed by atoms with Gasteiger partial charge in [-0.25, -0.2) is 5.43 Å². The van der Waals surface area contributed by atoms with E-state index in [2.05, 4.69) is 15.8 Å². The van der Waals surface area contributed by atoms with E-state index in [-0.39, 0.29) is 11.6 Å². The number of amides is 2. The number of nitro benzene ring substituents is 1. The summed E-state index contributed by atoms with van der Waals surface area (Å²) in [5, 5.41) is 17.6. The largest absolute Gasteiger partial charge is 0.497 e. The van der Waals surface area contributed by atoms with Crippen LogP contribution in [0.25, 0.3) is 0 Å². The van der Waals surface area contributed by atoms with E-state index in [9.17, 15) is 19.7 Å². The number of aryl methyl sites for hydroxylation is 1. The Kier molecular flexibility index (Phi) is 7.62. The van der Waals surface area contributed by atoms with Crippen LogP contribution in [0.3, 0.4) is 0 Å². The number of nitrogens with one attached hydrogen (secondary N) is 2. The standard InChI is InChI=1S/C21H24N4O5/c1-13(2)19(23-20(26)16-7-9-17(30-4)10-8-16)21(27)24-22-12-15-6-5-14(3)18(11-15)25(28)29/h5-13,19H,1-4H3,(H,23,26)(H,24,27). The van der Waals surface area contributed by atoms with E-state index >= 15 is 0 Å². The minimum absolute atomic E-state index is 0.0305. The van der Waals surface area contributed by atoms with Crippen molar-refractivity contribution in [1.29, 1.82) is 0 Å². The summed E-state index contributed by atoms with van der Waals surface area (Å²) < 4.78 is 5.07. The SMILES string of the molecule is COc1ccc(C(=O)NC(C(=O)NN=Cc2ccc(C)c([N+](=O)[O-])c2)C(C)C)cc1. The van der Waals surface area contributed by atoms with Crippen molar-refractivity contribution >= 4 is 23.7 Å². The van der Waals surface area contributed by atoms with Crippen molar-refractivity contribution in [1.82, 2.24) is 10.7 Å². The smallest absolute Gasteiger partial charge is 0.272 e. The van der Waals surface area contributed by atoms with E-state index in [1.807, 2.05) is 0 Å². The average Bonchev–Trinajstić information content (AvgIpc) is 2.72. The second-order valence-corrected chi connectivity index (χ2v) is 6.96. The Morgan fingerprint density at radius 2 is 1.83 bits per heavy atom. The molecule has 0 aromatic heterocycles. The van der Waals surface area contributed by atoms with Crippen LogP contribution in [-0.2, 0) is 4.79 Å². The average molecular weight is 412 g/mol. The van der Waals surface area contributed by atoms with Crippen molar-refractivity contribution in [3.63, 3.8) is 0 Å². The fourth-order valence-electron chi connectivity index (χ4n) is 2.65. The molecular weight excluding hydrogens is 388 g/mol. The first-order valence-electron chi connectivity index (χ1n) is 9.25. The fraction of sp³-hybridized carbons (Fsp3) is 0.286. The fourth-order valence-corrected chi connectivity index (χ4v) is 2.65. The van der Waals surface area contributed by atoms with E-state index in [1.54, 1.807) is 57.2 Å². The Morgan fingerprint density at radius 1 is 1.17 bits per heavy atom. The van der Waals surface area contributed by atoms with Gasteiger partial charge in [-0.3, -0.25) is 19.7 Å². The molecule has 9 nitrogen and oxygen atoms in total. The van der Waals surface area contributed by atoms with Crippen molar-refractivity contribution in [2.45, 2.75) is 26.8 Å². The molecule has 1 unspecified atom stereocenters. The molecule has 0 heterocycles. The maximum absolute atomic E-state index is 12.5. The number of nitro groups is 1. The quantitative estimate of drug-likeness (QED) is 0.392. The summed E-state index contributed by atoms with van der Waals surface area (Å²) in [5.41, 5.74) is 3.74. The predicted octanol–water partition coefficient (Wildman–Crippen LogP) is 2.82. The molecule has 0 aliphatic carbocycles. The van der Waals surface area contributed by atoms with Crippen molar-refractivity contribution in [3.05, 3.63) is 69.3 Å². The van der Waals surface area contributed by atoms with Gasteiger partial charge in [-0.15, -0.1) is 0 Å². The molecule has 1 atom stereocenters. The van der Waals surface area contributed by atoms with Crippen LogP contribution in [0.15, 0.2) is 47.6 Å². The molecule has 0 fully saturated rings. The highest BCUT2D eigenvalue weighted by atomic mass is 16.6. The van der Waals surface area contributed by atoms with Crippen molar-refractivity contribution < 1.29 is 19.2 Å². The number of hydrogen-bond acceptors (Lipinski definition) is 6. The molecule has 0 saturated heterocycles. The summed E-state index contributed by atoms with van der Waals surface area (Å²) in [7, 11) is 1.53. The number of carbonyl (C=O) groups is 2. The molecule has 2 rings (SSSR count). The van der Waals surface area contributed by atoms with Crippen molar-refractivity contribution in [3.8, 4) is 5.75 Å². The van der Waals surface area contributed by atoms with Gasteiger partial charge in [-0.2, -0.15) is 5.10 Å². The molecule has 9 heteroatoms. The van der Waals surface area contributed by atoms with Gasteiger partial charge >= 0.3 is 0 Å². The molecule has 0 saturated carbocycles. The molecule has 0 radical (unpaired) electrons. The van der Waals surface area contributed by atoms with Gasteiger partial charge in [0.1, 0.15) is 11.8 Å². The second kappa shape index (κ2) is 10.1. The van der Waals surface area contributed by atoms with Gasteiger partial charge in [0.25, 0.3) is 17.5 Å². The highest BCUT2D eigenvalue weighted by Gasteiger charge is 2.24. The Hall–Kier alpha value is -3.75. The molecule has 30 heavy (non-hydrogen) atoms. The van der Waals surface area contributed by atoms with Gasteiger partial charge in [0.05, 0.1) is 18.2 Å². The highest BCUT2D eigenvalue weighted by Crippen LogP contribution is 2.18. The number of nitrogens with zero attached hydrogens (tertiary/aromatic N) is 2. The summed E-state index contributed by atoms with van der Waals surface area (Å²) >= 11 is 0. The third kappa shape index (κ3) is 5.87. The minimum Gasteiger partial charge on any atom is -0.497 e. The Morgan fingerprint density at radius 3 is 2.40 bits per heavy atom. The van der Waals surface area contributed by atoms with Gasteiger partial charge in [0.2, 0.25) is 0 Å². The van der Waals surface area contributed by atoms with Crippen molar-refractivity contribution in [2.75, 3.05) is 7.11 Å². The normalized spacial score (nSPS) is 11.9. The second-order valence-electron chi connectivity index (χ2n) is 6.96. The van der Waals surface area contributed by atoms with Gasteiger partial charge in [0, 0.05) is 22.8 Å². The lowest BCUT2D eigenvalue weighted by Gasteiger charge is -2.20. The Balaban J connectivity index is 2.04. The van der Waals surface area contributed by atoms with E-state index in [4.69, 9.17) is 4.74 Å². The molecular formula is C21H24N4O5. The first-order valence-corrected chi connectivity index (χ1v) is 9.25. The van der Waals surface area contributed by atoms with E-state index in [0.29, 0.717) is 22.4 Å². The van der Waals surface area contributed by atoms with Crippen LogP contribution in [0.5, 0.6) is 5.75 Å². The zero-order valence-corrected chi connectivity index (χ0v) is 17.2. The molecule has 2 aromatic rings. The van der Waals surface area contributed by atoms with Gasteiger partial charge in [0.15, 0.2) is 0 Å². The summed E-state index contributed by atoms with van der Waals surface area (Å²) in [6, 6.07) is 10.3. The lowest BCUT2D eigenvalue weighted by Crippen LogP contribution is -2.48. The molecule has 158 valence electrons. The van der Waals surface area contributed by atoms with Crippen LogP contribution < -0.4 is 15.5 Å². The lowest BCUT2D eigenvalue weighted by molar-refractivity contribution is -0.385. The molecule has 2 N–H and O–H groups in total. The van der Waals surface area contributed by atoms with Crippen LogP contribution >= 0.6 is 0 Å². The highest BCUT2D eigenvalue weighted by molar-refractivity contribution is 5.97. The first kappa shape index (κ1) is 22.5. The summed E-state index contributed by atoms with van der Waals surface area (Å²) in [6.45, 7) is 5.23. The number of rotatable bonds is 8. The molecule has 0 spiro atoms. The molecule has 2 aromatic carbocycles. The topological polar surface area (TPSA) is 123 Å². The number of benzene rings is 2. The van der Waals surface area contributed by atoms with E-state index in [0.717, 1.165) is 0 Å². The summed E-state index contributed by atoms with van der Waals surface area (Å²) in [4.78, 5) is 35.5. The number of hydrazone groups is 1. The Labute approximate surface area is 174 Å². The van der Waals surface area contributed by atoms with Crippen LogP contribution in [0.2, 0.25) is 0 Å². The van der Waals surface area contributed by atoms with Crippen LogP contribution in [0, 0.1) is 23.0 Å². The minimum atomic E-state index is -0.816. The van der Waals surface area contributed by atoms with Crippen LogP contribution in [0.1, 0.15) is 35.3 Å². The maximum Gasteiger partial charge on any atom is 0.272 e. The van der Waals surface area contributed by atoms with Crippen LogP contribution in [-0.4, -0.2) is 36.1 Å². The lowest BCUT2D eigenvalue weighted by atomic mass is 10.0. The number of methoxy groups -OCH3 is 1. The van der Waals surface area contributed by atoms with E-state index in [1.165, 1.54) is 19.4 Å². The van der Waals surface area contributed by atoms with Crippen LogP contribution in [0.4, 0.5) is 5.69 Å². The Bertz CT molecular complexity index is 954. The summed E-state index contributed by atoms with van der Waals surface area (Å²) in [6.07, 6.45) is 1.31. The third-order valence-corrected chi connectivity index (χ3v) is 4.41. The molecule has 0 bridgehead atoms. The monoisotopic (exact) mass is 412 g/mol. The molecule has 0 aliphatic rings. The zero-order valence-electron chi connectivity index (χ0n) is 17.2. The summed E-state index contributed by atoms with van der Waals surface area (Å²) in [5.74, 6) is -0.465. The number of ether oxygens (including phenoxy) is 1. The first-order chi connectivity index (χ1) is 14.2. The molecule has 0 aliphatic heterocycles.